The lowest BCUT2D eigenvalue weighted by molar-refractivity contribution is -0.123. The van der Waals surface area contributed by atoms with Crippen molar-refractivity contribution in [2.24, 2.45) is 0 Å². The Balaban J connectivity index is 1.79. The summed E-state index contributed by atoms with van der Waals surface area (Å²) in [4.78, 5) is 24.3. The molecule has 0 bridgehead atoms. The van der Waals surface area contributed by atoms with Gasteiger partial charge in [0.05, 0.1) is 12.5 Å². The van der Waals surface area contributed by atoms with Crippen LogP contribution in [-0.2, 0) is 9.59 Å². The molecule has 124 valence electrons. The van der Waals surface area contributed by atoms with Gasteiger partial charge in [0.25, 0.3) is 0 Å². The Morgan fingerprint density at radius 1 is 1.29 bits per heavy atom. The number of rotatable bonds is 4. The van der Waals surface area contributed by atoms with Crippen LogP contribution in [0.4, 0.5) is 15.8 Å². The summed E-state index contributed by atoms with van der Waals surface area (Å²) >= 11 is 0. The summed E-state index contributed by atoms with van der Waals surface area (Å²) in [6.07, 6.45) is 0.0293. The average Bonchev–Trinajstić information content (AvgIpc) is 2.55. The lowest BCUT2D eigenvalue weighted by Gasteiger charge is -2.25. The summed E-state index contributed by atoms with van der Waals surface area (Å²) in [5.41, 5.74) is 1.57. The van der Waals surface area contributed by atoms with Gasteiger partial charge in [-0.1, -0.05) is 6.07 Å². The molecule has 2 N–H and O–H groups in total. The minimum absolute atomic E-state index is 0.0293. The van der Waals surface area contributed by atoms with Gasteiger partial charge < -0.3 is 15.4 Å². The van der Waals surface area contributed by atoms with Crippen LogP contribution >= 0.6 is 0 Å². The van der Waals surface area contributed by atoms with Gasteiger partial charge in [-0.3, -0.25) is 9.59 Å². The van der Waals surface area contributed by atoms with Crippen LogP contribution in [0, 0.1) is 5.82 Å². The van der Waals surface area contributed by atoms with E-state index < -0.39 is 11.7 Å². The van der Waals surface area contributed by atoms with E-state index in [1.807, 2.05) is 6.92 Å². The lowest BCUT2D eigenvalue weighted by Crippen LogP contribution is -2.30. The van der Waals surface area contributed by atoms with Crippen LogP contribution in [0.3, 0.4) is 0 Å². The van der Waals surface area contributed by atoms with Crippen LogP contribution in [0.5, 0.6) is 5.75 Å². The molecule has 0 aliphatic carbocycles. The highest BCUT2D eigenvalue weighted by Crippen LogP contribution is 2.33. The van der Waals surface area contributed by atoms with Gasteiger partial charge in [0.1, 0.15) is 11.6 Å². The molecule has 3 rings (SSSR count). The predicted molar refractivity (Wildman–Crippen MR) is 88.6 cm³/mol. The van der Waals surface area contributed by atoms with Gasteiger partial charge in [-0.15, -0.1) is 0 Å². The zero-order valence-electron chi connectivity index (χ0n) is 13.1. The number of fused-ring (bicyclic) bond motifs is 1. The predicted octanol–water partition coefficient (Wildman–Crippen LogP) is 3.29. The Kier molecular flexibility index (Phi) is 4.46. The second-order valence-electron chi connectivity index (χ2n) is 5.48. The third-order valence-corrected chi connectivity index (χ3v) is 3.80. The van der Waals surface area contributed by atoms with Crippen LogP contribution in [0.2, 0.25) is 0 Å². The smallest absolute Gasteiger partial charge is 0.232 e. The first kappa shape index (κ1) is 16.0. The van der Waals surface area contributed by atoms with E-state index in [0.717, 1.165) is 0 Å². The van der Waals surface area contributed by atoms with Crippen molar-refractivity contribution in [2.75, 3.05) is 17.2 Å². The van der Waals surface area contributed by atoms with E-state index in [4.69, 9.17) is 4.74 Å². The average molecular weight is 328 g/mol. The summed E-state index contributed by atoms with van der Waals surface area (Å²) in [5, 5.41) is 5.38. The molecule has 1 aliphatic rings. The summed E-state index contributed by atoms with van der Waals surface area (Å²) < 4.78 is 18.7. The summed E-state index contributed by atoms with van der Waals surface area (Å²) in [6, 6.07) is 11.0. The molecule has 24 heavy (non-hydrogen) atoms. The Labute approximate surface area is 138 Å². The lowest BCUT2D eigenvalue weighted by atomic mass is 9.89. The van der Waals surface area contributed by atoms with E-state index in [2.05, 4.69) is 10.6 Å². The van der Waals surface area contributed by atoms with Crippen LogP contribution in [0.15, 0.2) is 42.5 Å². The quantitative estimate of drug-likeness (QED) is 0.905. The number of ether oxygens (including phenoxy) is 1. The van der Waals surface area contributed by atoms with Crippen molar-refractivity contribution in [1.82, 2.24) is 0 Å². The van der Waals surface area contributed by atoms with Gasteiger partial charge in [0, 0.05) is 17.8 Å². The van der Waals surface area contributed by atoms with Gasteiger partial charge in [-0.05, 0) is 48.9 Å². The first-order valence-electron chi connectivity index (χ1n) is 7.70. The van der Waals surface area contributed by atoms with Gasteiger partial charge in [0.2, 0.25) is 11.8 Å². The van der Waals surface area contributed by atoms with Crippen molar-refractivity contribution in [3.8, 4) is 5.75 Å². The largest absolute Gasteiger partial charge is 0.494 e. The topological polar surface area (TPSA) is 67.4 Å². The molecule has 6 heteroatoms. The normalized spacial score (nSPS) is 16.1. The number of hydrogen-bond donors (Lipinski definition) is 2. The fraction of sp³-hybridized carbons (Fsp3) is 0.222. The number of benzene rings is 2. The number of carbonyl (C=O) groups is 2. The molecule has 0 fully saturated rings. The summed E-state index contributed by atoms with van der Waals surface area (Å²) in [6.45, 7) is 2.46. The van der Waals surface area contributed by atoms with E-state index in [9.17, 15) is 14.0 Å². The van der Waals surface area contributed by atoms with Crippen molar-refractivity contribution in [3.05, 3.63) is 53.8 Å². The van der Waals surface area contributed by atoms with E-state index in [-0.39, 0.29) is 18.2 Å². The first-order chi connectivity index (χ1) is 11.6. The number of halogens is 1. The highest BCUT2D eigenvalue weighted by atomic mass is 19.1. The van der Waals surface area contributed by atoms with Crippen LogP contribution in [0.25, 0.3) is 0 Å². The molecule has 1 atom stereocenters. The maximum Gasteiger partial charge on any atom is 0.232 e. The first-order valence-corrected chi connectivity index (χ1v) is 7.70. The Bertz CT molecular complexity index is 774. The second-order valence-corrected chi connectivity index (χ2v) is 5.48. The summed E-state index contributed by atoms with van der Waals surface area (Å²) in [5.74, 6) is -1.00. The van der Waals surface area contributed by atoms with E-state index >= 15 is 0 Å². The molecule has 0 saturated carbocycles. The number of carbonyl (C=O) groups excluding carboxylic acids is 2. The molecule has 2 amide bonds. The maximum absolute atomic E-state index is 13.3. The molecule has 5 nitrogen and oxygen atoms in total. The zero-order valence-corrected chi connectivity index (χ0v) is 13.1. The Hall–Kier alpha value is -2.89. The molecule has 0 radical (unpaired) electrons. The van der Waals surface area contributed by atoms with Crippen molar-refractivity contribution < 1.29 is 18.7 Å². The third-order valence-electron chi connectivity index (χ3n) is 3.80. The van der Waals surface area contributed by atoms with Crippen molar-refractivity contribution in [1.29, 1.82) is 0 Å². The molecular weight excluding hydrogens is 311 g/mol. The molecule has 1 heterocycles. The fourth-order valence-corrected chi connectivity index (χ4v) is 2.70. The SMILES string of the molecule is CCOc1ccc(NC(=O)C2CC(=O)Nc3cc(F)ccc32)cc1. The van der Waals surface area contributed by atoms with E-state index in [1.54, 1.807) is 24.3 Å². The maximum atomic E-state index is 13.3. The minimum Gasteiger partial charge on any atom is -0.494 e. The number of anilines is 2. The number of nitrogens with one attached hydrogen (secondary N) is 2. The third kappa shape index (κ3) is 3.37. The highest BCUT2D eigenvalue weighted by molar-refractivity contribution is 6.05. The minimum atomic E-state index is -0.652. The number of hydrogen-bond acceptors (Lipinski definition) is 3. The molecule has 2 aromatic carbocycles. The molecule has 0 saturated heterocycles. The van der Waals surface area contributed by atoms with Crippen LogP contribution in [0.1, 0.15) is 24.8 Å². The monoisotopic (exact) mass is 328 g/mol. The van der Waals surface area contributed by atoms with Gasteiger partial charge in [-0.25, -0.2) is 4.39 Å². The second kappa shape index (κ2) is 6.70. The Morgan fingerprint density at radius 3 is 2.75 bits per heavy atom. The zero-order chi connectivity index (χ0) is 17.1. The molecule has 0 spiro atoms. The van der Waals surface area contributed by atoms with Crippen molar-refractivity contribution in [3.63, 3.8) is 0 Å². The molecule has 1 aliphatic heterocycles. The van der Waals surface area contributed by atoms with Gasteiger partial charge in [0.15, 0.2) is 0 Å². The highest BCUT2D eigenvalue weighted by Gasteiger charge is 2.30. The number of amides is 2. The standard InChI is InChI=1S/C18H17FN2O3/c1-2-24-13-6-4-12(5-7-13)20-18(23)15-10-17(22)21-16-9-11(19)3-8-14(15)16/h3-9,15H,2,10H2,1H3,(H,20,23)(H,21,22). The van der Waals surface area contributed by atoms with Gasteiger partial charge in [-0.2, -0.15) is 0 Å². The van der Waals surface area contributed by atoms with Crippen molar-refractivity contribution >= 4 is 23.2 Å². The van der Waals surface area contributed by atoms with Crippen LogP contribution < -0.4 is 15.4 Å². The molecule has 2 aromatic rings. The Morgan fingerprint density at radius 2 is 2.04 bits per heavy atom. The van der Waals surface area contributed by atoms with Crippen molar-refractivity contribution in [2.45, 2.75) is 19.3 Å². The van der Waals surface area contributed by atoms with E-state index in [0.29, 0.717) is 29.3 Å². The fourth-order valence-electron chi connectivity index (χ4n) is 2.70. The molecule has 0 aromatic heterocycles. The van der Waals surface area contributed by atoms with E-state index in [1.165, 1.54) is 18.2 Å². The van der Waals surface area contributed by atoms with Crippen LogP contribution in [-0.4, -0.2) is 18.4 Å². The molecular formula is C18H17FN2O3. The summed E-state index contributed by atoms with van der Waals surface area (Å²) in [7, 11) is 0. The van der Waals surface area contributed by atoms with Gasteiger partial charge >= 0.3 is 0 Å². The molecule has 1 unspecified atom stereocenters.